The van der Waals surface area contributed by atoms with E-state index in [0.717, 1.165) is 32.6 Å². The van der Waals surface area contributed by atoms with E-state index in [-0.39, 0.29) is 0 Å². The number of aromatic nitrogens is 3. The quantitative estimate of drug-likeness (QED) is 0.379. The molecular formula is C14H9ClN4. The predicted molar refractivity (Wildman–Crippen MR) is 78.3 cm³/mol. The third-order valence-corrected chi connectivity index (χ3v) is 3.60. The van der Waals surface area contributed by atoms with Gasteiger partial charge in [0.05, 0.1) is 22.9 Å². The van der Waals surface area contributed by atoms with E-state index in [1.165, 1.54) is 0 Å². The van der Waals surface area contributed by atoms with Crippen LogP contribution in [-0.4, -0.2) is 15.2 Å². The molecule has 2 heterocycles. The summed E-state index contributed by atoms with van der Waals surface area (Å²) in [6, 6.07) is 7.61. The summed E-state index contributed by atoms with van der Waals surface area (Å²) in [5.41, 5.74) is 8.38. The van der Waals surface area contributed by atoms with Crippen LogP contribution in [-0.2, 0) is 0 Å². The van der Waals surface area contributed by atoms with E-state index in [1.807, 2.05) is 30.5 Å². The second kappa shape index (κ2) is 3.59. The Labute approximate surface area is 113 Å². The van der Waals surface area contributed by atoms with Gasteiger partial charge in [-0.1, -0.05) is 17.7 Å². The first-order valence-electron chi connectivity index (χ1n) is 5.83. The van der Waals surface area contributed by atoms with Gasteiger partial charge in [-0.15, -0.1) is 0 Å². The first kappa shape index (κ1) is 10.6. The molecule has 92 valence electrons. The molecule has 0 atom stereocenters. The number of pyridine rings is 1. The Morgan fingerprint density at radius 1 is 1.11 bits per heavy atom. The summed E-state index contributed by atoms with van der Waals surface area (Å²) in [6.45, 7) is 0. The third kappa shape index (κ3) is 1.40. The molecule has 0 saturated carbocycles. The van der Waals surface area contributed by atoms with Crippen molar-refractivity contribution in [2.24, 2.45) is 0 Å². The van der Waals surface area contributed by atoms with Gasteiger partial charge < -0.3 is 5.73 Å². The monoisotopic (exact) mass is 268 g/mol. The lowest BCUT2D eigenvalue weighted by Crippen LogP contribution is -1.91. The predicted octanol–water partition coefficient (Wildman–Crippen LogP) is 3.50. The van der Waals surface area contributed by atoms with Gasteiger partial charge in [-0.05, 0) is 23.6 Å². The van der Waals surface area contributed by atoms with Crippen LogP contribution < -0.4 is 5.73 Å². The normalized spacial score (nSPS) is 11.6. The number of hydrogen-bond donors (Lipinski definition) is 2. The highest BCUT2D eigenvalue weighted by Gasteiger charge is 2.11. The second-order valence-corrected chi connectivity index (χ2v) is 4.95. The van der Waals surface area contributed by atoms with Crippen LogP contribution in [0.5, 0.6) is 0 Å². The SMILES string of the molecule is Nc1cc2[nH]ncc2c2c1ncc1ccc(Cl)cc12. The van der Waals surface area contributed by atoms with E-state index in [9.17, 15) is 0 Å². The molecule has 0 aliphatic rings. The molecule has 4 nitrogen and oxygen atoms in total. The molecule has 0 fully saturated rings. The third-order valence-electron chi connectivity index (χ3n) is 3.37. The number of nitrogens with one attached hydrogen (secondary N) is 1. The second-order valence-electron chi connectivity index (χ2n) is 4.51. The molecule has 0 amide bonds. The molecule has 0 aliphatic heterocycles. The fraction of sp³-hybridized carbons (Fsp3) is 0. The van der Waals surface area contributed by atoms with Gasteiger partial charge in [-0.3, -0.25) is 10.1 Å². The van der Waals surface area contributed by atoms with Crippen molar-refractivity contribution in [2.75, 3.05) is 5.73 Å². The Balaban J connectivity index is 2.39. The molecule has 5 heteroatoms. The summed E-state index contributed by atoms with van der Waals surface area (Å²) in [5, 5.41) is 11.8. The highest BCUT2D eigenvalue weighted by molar-refractivity contribution is 6.32. The zero-order chi connectivity index (χ0) is 13.0. The molecule has 4 aromatic rings. The molecular weight excluding hydrogens is 260 g/mol. The Morgan fingerprint density at radius 3 is 2.89 bits per heavy atom. The number of hydrogen-bond acceptors (Lipinski definition) is 3. The highest BCUT2D eigenvalue weighted by Crippen LogP contribution is 2.34. The Kier molecular flexibility index (Phi) is 2.00. The number of rotatable bonds is 0. The molecule has 4 rings (SSSR count). The maximum absolute atomic E-state index is 6.11. The smallest absolute Gasteiger partial charge is 0.0945 e. The summed E-state index contributed by atoms with van der Waals surface area (Å²) < 4.78 is 0. The van der Waals surface area contributed by atoms with Crippen molar-refractivity contribution in [1.82, 2.24) is 15.2 Å². The fourth-order valence-corrected chi connectivity index (χ4v) is 2.68. The summed E-state index contributed by atoms with van der Waals surface area (Å²) >= 11 is 6.11. The van der Waals surface area contributed by atoms with Crippen molar-refractivity contribution >= 4 is 49.9 Å². The number of anilines is 1. The van der Waals surface area contributed by atoms with Crippen LogP contribution in [0.15, 0.2) is 36.7 Å². The summed E-state index contributed by atoms with van der Waals surface area (Å²) in [6.07, 6.45) is 3.61. The van der Waals surface area contributed by atoms with E-state index < -0.39 is 0 Å². The van der Waals surface area contributed by atoms with Crippen molar-refractivity contribution in [3.05, 3.63) is 41.7 Å². The van der Waals surface area contributed by atoms with Crippen LogP contribution in [0.2, 0.25) is 5.02 Å². The molecule has 0 spiro atoms. The number of benzene rings is 2. The van der Waals surface area contributed by atoms with Gasteiger partial charge in [0, 0.05) is 27.4 Å². The first-order valence-corrected chi connectivity index (χ1v) is 6.21. The van der Waals surface area contributed by atoms with Crippen LogP contribution in [0.3, 0.4) is 0 Å². The Hall–Kier alpha value is -2.33. The Morgan fingerprint density at radius 2 is 2.00 bits per heavy atom. The van der Waals surface area contributed by atoms with Gasteiger partial charge in [0.25, 0.3) is 0 Å². The summed E-state index contributed by atoms with van der Waals surface area (Å²) in [7, 11) is 0. The van der Waals surface area contributed by atoms with Gasteiger partial charge in [-0.25, -0.2) is 0 Å². The van der Waals surface area contributed by atoms with Crippen molar-refractivity contribution in [1.29, 1.82) is 0 Å². The van der Waals surface area contributed by atoms with E-state index >= 15 is 0 Å². The van der Waals surface area contributed by atoms with Crippen LogP contribution in [0.1, 0.15) is 0 Å². The molecule has 0 radical (unpaired) electrons. The van der Waals surface area contributed by atoms with Gasteiger partial charge in [0.2, 0.25) is 0 Å². The van der Waals surface area contributed by atoms with E-state index in [2.05, 4.69) is 15.2 Å². The van der Waals surface area contributed by atoms with E-state index in [0.29, 0.717) is 10.7 Å². The topological polar surface area (TPSA) is 67.6 Å². The Bertz CT molecular complexity index is 942. The largest absolute Gasteiger partial charge is 0.397 e. The fourth-order valence-electron chi connectivity index (χ4n) is 2.50. The maximum atomic E-state index is 6.11. The zero-order valence-corrected chi connectivity index (χ0v) is 10.6. The lowest BCUT2D eigenvalue weighted by atomic mass is 10.0. The molecule has 19 heavy (non-hydrogen) atoms. The van der Waals surface area contributed by atoms with Crippen molar-refractivity contribution in [2.45, 2.75) is 0 Å². The number of nitrogens with zero attached hydrogens (tertiary/aromatic N) is 2. The lowest BCUT2D eigenvalue weighted by molar-refractivity contribution is 1.12. The lowest BCUT2D eigenvalue weighted by Gasteiger charge is -2.07. The summed E-state index contributed by atoms with van der Waals surface area (Å²) in [5.74, 6) is 0. The standard InChI is InChI=1S/C14H9ClN4/c15-8-2-1-7-5-17-14-11(16)4-12-10(6-18-19-12)13(14)9(7)3-8/h1-6H,16H2,(H,18,19). The average Bonchev–Trinajstić information content (AvgIpc) is 2.86. The van der Waals surface area contributed by atoms with E-state index in [4.69, 9.17) is 17.3 Å². The molecule has 2 aromatic heterocycles. The number of aromatic amines is 1. The molecule has 0 bridgehead atoms. The number of halogens is 1. The minimum absolute atomic E-state index is 0.633. The van der Waals surface area contributed by atoms with Crippen molar-refractivity contribution in [3.8, 4) is 0 Å². The zero-order valence-electron chi connectivity index (χ0n) is 9.81. The van der Waals surface area contributed by atoms with Crippen LogP contribution in [0.4, 0.5) is 5.69 Å². The summed E-state index contributed by atoms with van der Waals surface area (Å²) in [4.78, 5) is 4.46. The number of nitrogens with two attached hydrogens (primary N) is 1. The molecule has 2 aromatic carbocycles. The van der Waals surface area contributed by atoms with E-state index in [1.54, 1.807) is 6.20 Å². The van der Waals surface area contributed by atoms with Crippen LogP contribution in [0, 0.1) is 0 Å². The first-order chi connectivity index (χ1) is 9.24. The average molecular weight is 269 g/mol. The number of fused-ring (bicyclic) bond motifs is 5. The molecule has 0 unspecified atom stereocenters. The van der Waals surface area contributed by atoms with Gasteiger partial charge in [-0.2, -0.15) is 5.10 Å². The van der Waals surface area contributed by atoms with Crippen LogP contribution >= 0.6 is 11.6 Å². The minimum atomic E-state index is 0.633. The van der Waals surface area contributed by atoms with Crippen molar-refractivity contribution in [3.63, 3.8) is 0 Å². The maximum Gasteiger partial charge on any atom is 0.0945 e. The highest BCUT2D eigenvalue weighted by atomic mass is 35.5. The van der Waals surface area contributed by atoms with Gasteiger partial charge >= 0.3 is 0 Å². The molecule has 3 N–H and O–H groups in total. The van der Waals surface area contributed by atoms with Crippen LogP contribution in [0.25, 0.3) is 32.6 Å². The van der Waals surface area contributed by atoms with Gasteiger partial charge in [0.15, 0.2) is 0 Å². The number of H-pyrrole nitrogens is 1. The van der Waals surface area contributed by atoms with Crippen molar-refractivity contribution < 1.29 is 0 Å². The minimum Gasteiger partial charge on any atom is -0.397 e. The van der Waals surface area contributed by atoms with Gasteiger partial charge in [0.1, 0.15) is 0 Å². The molecule has 0 aliphatic carbocycles. The molecule has 0 saturated heterocycles. The number of nitrogen functional groups attached to an aromatic ring is 1.